The highest BCUT2D eigenvalue weighted by molar-refractivity contribution is 6.74. The van der Waals surface area contributed by atoms with Crippen molar-refractivity contribution in [1.82, 2.24) is 5.32 Å². The second-order valence-electron chi connectivity index (χ2n) is 9.40. The van der Waals surface area contributed by atoms with Gasteiger partial charge in [0.25, 0.3) is 0 Å². The van der Waals surface area contributed by atoms with Crippen molar-refractivity contribution in [2.75, 3.05) is 6.61 Å². The zero-order valence-corrected chi connectivity index (χ0v) is 19.8. The molecule has 1 rings (SSSR count). The summed E-state index contributed by atoms with van der Waals surface area (Å²) in [6.45, 7) is 13.9. The zero-order valence-electron chi connectivity index (χ0n) is 18.8. The Balaban J connectivity index is 2.98. The lowest BCUT2D eigenvalue weighted by atomic mass is 9.77. The van der Waals surface area contributed by atoms with Crippen molar-refractivity contribution in [3.63, 3.8) is 0 Å². The van der Waals surface area contributed by atoms with Crippen LogP contribution in [0.2, 0.25) is 18.1 Å². The van der Waals surface area contributed by atoms with Crippen LogP contribution in [0.3, 0.4) is 0 Å². The average Bonchev–Trinajstić information content (AvgIpc) is 2.50. The van der Waals surface area contributed by atoms with Crippen LogP contribution in [0.1, 0.15) is 53.9 Å². The molecule has 0 aromatic heterocycles. The van der Waals surface area contributed by atoms with Crippen LogP contribution in [0.15, 0.2) is 11.3 Å². The first kappa shape index (κ1) is 26.4. The van der Waals surface area contributed by atoms with E-state index in [2.05, 4.69) is 43.9 Å². The van der Waals surface area contributed by atoms with Crippen LogP contribution in [0.25, 0.3) is 0 Å². The predicted octanol–water partition coefficient (Wildman–Crippen LogP) is 4.51. The normalized spacial score (nSPS) is 23.2. The molecule has 0 radical (unpaired) electrons. The van der Waals surface area contributed by atoms with E-state index in [0.717, 1.165) is 0 Å². The summed E-state index contributed by atoms with van der Waals surface area (Å²) in [5, 5.41) is 9.66. The van der Waals surface area contributed by atoms with Crippen LogP contribution in [0.4, 0.5) is 13.2 Å². The third kappa shape index (κ3) is 6.66. The van der Waals surface area contributed by atoms with Crippen molar-refractivity contribution in [2.45, 2.75) is 89.8 Å². The van der Waals surface area contributed by atoms with Gasteiger partial charge in [0, 0.05) is 12.3 Å². The molecule has 6 nitrogen and oxygen atoms in total. The van der Waals surface area contributed by atoms with Crippen LogP contribution >= 0.6 is 0 Å². The van der Waals surface area contributed by atoms with Crippen molar-refractivity contribution >= 4 is 26.3 Å². The van der Waals surface area contributed by atoms with E-state index in [0.29, 0.717) is 19.1 Å². The van der Waals surface area contributed by atoms with Crippen LogP contribution in [-0.4, -0.2) is 50.7 Å². The van der Waals surface area contributed by atoms with Crippen LogP contribution in [0.5, 0.6) is 0 Å². The third-order valence-electron chi connectivity index (χ3n) is 5.62. The van der Waals surface area contributed by atoms with E-state index < -0.39 is 55.6 Å². The van der Waals surface area contributed by atoms with Gasteiger partial charge in [0.2, 0.25) is 0 Å². The van der Waals surface area contributed by atoms with Crippen molar-refractivity contribution in [2.24, 2.45) is 0 Å². The van der Waals surface area contributed by atoms with Gasteiger partial charge < -0.3 is 19.9 Å². The Kier molecular flexibility index (Phi) is 8.09. The number of carbonyl (C=O) groups excluding carboxylic acids is 2. The van der Waals surface area contributed by atoms with Crippen molar-refractivity contribution < 1.29 is 31.9 Å². The predicted molar refractivity (Wildman–Crippen MR) is 111 cm³/mol. The Bertz CT molecular complexity index is 706. The maximum atomic E-state index is 13.6. The molecule has 0 atom stereocenters. The summed E-state index contributed by atoms with van der Waals surface area (Å²) in [5.74, 6) is -2.04. The van der Waals surface area contributed by atoms with Gasteiger partial charge in [-0.2, -0.15) is 13.2 Å². The zero-order chi connectivity index (χ0) is 23.5. The minimum absolute atomic E-state index is 0.00894. The fraction of sp³-hybridized carbons (Fsp3) is 0.750. The SMILES string of the molecule is CCOC(=O)CC(=O)/C(C=N)=C(/N[C@H]1C[C@](C)(O[Si](C)(C)C(C)(C)C)C1)C(F)(F)F. The minimum atomic E-state index is -4.87. The van der Waals surface area contributed by atoms with Gasteiger partial charge in [0.05, 0.1) is 17.8 Å². The Morgan fingerprint density at radius 2 is 1.77 bits per heavy atom. The molecule has 172 valence electrons. The van der Waals surface area contributed by atoms with Gasteiger partial charge in [-0.05, 0) is 44.8 Å². The van der Waals surface area contributed by atoms with E-state index in [4.69, 9.17) is 9.84 Å². The second-order valence-corrected chi connectivity index (χ2v) is 14.1. The van der Waals surface area contributed by atoms with E-state index in [1.807, 2.05) is 6.92 Å². The smallest absolute Gasteiger partial charge is 0.431 e. The maximum Gasteiger partial charge on any atom is 0.431 e. The molecule has 0 aromatic carbocycles. The van der Waals surface area contributed by atoms with E-state index in [1.165, 1.54) is 6.92 Å². The number of esters is 1. The lowest BCUT2D eigenvalue weighted by Gasteiger charge is -2.52. The Morgan fingerprint density at radius 3 is 2.17 bits per heavy atom. The fourth-order valence-electron chi connectivity index (χ4n) is 3.18. The number of halogens is 3. The van der Waals surface area contributed by atoms with Crippen LogP contribution in [0, 0.1) is 5.41 Å². The van der Waals surface area contributed by atoms with Crippen LogP contribution < -0.4 is 5.32 Å². The average molecular weight is 451 g/mol. The summed E-state index contributed by atoms with van der Waals surface area (Å²) in [6, 6.07) is -0.554. The molecule has 30 heavy (non-hydrogen) atoms. The summed E-state index contributed by atoms with van der Waals surface area (Å²) >= 11 is 0. The van der Waals surface area contributed by atoms with E-state index in [1.54, 1.807) is 0 Å². The Morgan fingerprint density at radius 1 is 1.23 bits per heavy atom. The van der Waals surface area contributed by atoms with Crippen molar-refractivity contribution in [1.29, 1.82) is 5.41 Å². The highest BCUT2D eigenvalue weighted by Crippen LogP contribution is 2.45. The summed E-state index contributed by atoms with van der Waals surface area (Å²) in [6.07, 6.45) is -4.70. The molecule has 0 aromatic rings. The molecule has 10 heteroatoms. The third-order valence-corrected chi connectivity index (χ3v) is 10.2. The molecule has 1 fully saturated rings. The number of hydrogen-bond donors (Lipinski definition) is 2. The first-order valence-electron chi connectivity index (χ1n) is 9.93. The largest absolute Gasteiger partial charge is 0.466 e. The molecule has 2 N–H and O–H groups in total. The van der Waals surface area contributed by atoms with Gasteiger partial charge in [-0.1, -0.05) is 20.8 Å². The summed E-state index contributed by atoms with van der Waals surface area (Å²) in [4.78, 5) is 23.7. The number of ether oxygens (including phenoxy) is 1. The first-order valence-corrected chi connectivity index (χ1v) is 12.8. The molecule has 1 saturated carbocycles. The quantitative estimate of drug-likeness (QED) is 0.177. The maximum absolute atomic E-state index is 13.6. The molecule has 0 amide bonds. The van der Waals surface area contributed by atoms with Gasteiger partial charge in [0.15, 0.2) is 14.1 Å². The molecular weight excluding hydrogens is 417 g/mol. The van der Waals surface area contributed by atoms with Gasteiger partial charge in [-0.15, -0.1) is 0 Å². The van der Waals surface area contributed by atoms with E-state index in [9.17, 15) is 22.8 Å². The Hall–Kier alpha value is -1.68. The second kappa shape index (κ2) is 9.21. The van der Waals surface area contributed by atoms with Gasteiger partial charge in [0.1, 0.15) is 12.1 Å². The number of hydrogen-bond acceptors (Lipinski definition) is 6. The molecule has 0 aliphatic heterocycles. The molecule has 1 aliphatic rings. The van der Waals surface area contributed by atoms with Gasteiger partial charge in [-0.3, -0.25) is 9.59 Å². The summed E-state index contributed by atoms with van der Waals surface area (Å²) in [5.41, 5.74) is -2.72. The summed E-state index contributed by atoms with van der Waals surface area (Å²) in [7, 11) is -2.09. The van der Waals surface area contributed by atoms with Crippen molar-refractivity contribution in [3.05, 3.63) is 11.3 Å². The van der Waals surface area contributed by atoms with Crippen LogP contribution in [-0.2, 0) is 18.8 Å². The summed E-state index contributed by atoms with van der Waals surface area (Å²) < 4.78 is 51.9. The fourth-order valence-corrected chi connectivity index (χ4v) is 4.89. The van der Waals surface area contributed by atoms with Gasteiger partial charge in [-0.25, -0.2) is 0 Å². The lowest BCUT2D eigenvalue weighted by Crippen LogP contribution is -2.59. The minimum Gasteiger partial charge on any atom is -0.466 e. The van der Waals surface area contributed by atoms with Crippen molar-refractivity contribution in [3.8, 4) is 0 Å². The number of nitrogens with one attached hydrogen (secondary N) is 2. The van der Waals surface area contributed by atoms with Gasteiger partial charge >= 0.3 is 12.1 Å². The number of carbonyl (C=O) groups is 2. The lowest BCUT2D eigenvalue weighted by molar-refractivity contribution is -0.145. The molecule has 0 saturated heterocycles. The molecule has 1 aliphatic carbocycles. The Labute approximate surface area is 177 Å². The number of alkyl halides is 3. The monoisotopic (exact) mass is 450 g/mol. The topological polar surface area (TPSA) is 88.5 Å². The standard InChI is InChI=1S/C20H33F3N2O4Si/c1-8-28-16(27)9-15(26)14(12-24)17(20(21,22)23)25-13-10-19(5,11-13)29-30(6,7)18(2,3)4/h12-13,24-25H,8-11H2,1-7H3/b17-14+,24-12?/t13-,19-. The number of allylic oxidation sites excluding steroid dienone is 2. The molecule has 0 spiro atoms. The molecular formula is C20H33F3N2O4Si. The number of rotatable bonds is 9. The highest BCUT2D eigenvalue weighted by Gasteiger charge is 2.50. The molecule has 0 unspecified atom stereocenters. The van der Waals surface area contributed by atoms with E-state index >= 15 is 0 Å². The highest BCUT2D eigenvalue weighted by atomic mass is 28.4. The molecule has 0 heterocycles. The van der Waals surface area contributed by atoms with E-state index in [-0.39, 0.29) is 11.6 Å². The molecule has 0 bridgehead atoms. The number of ketones is 1. The first-order chi connectivity index (χ1) is 13.5. The number of Topliss-reactive ketones (excluding diaryl/α,β-unsaturated/α-hetero) is 1.